The topological polar surface area (TPSA) is 49.2 Å². The quantitative estimate of drug-likeness (QED) is 0.802. The highest BCUT2D eigenvalue weighted by Crippen LogP contribution is 2.26. The molecule has 2 aromatic heterocycles. The number of aromatic hydroxyl groups is 1. The number of pyridine rings is 1. The summed E-state index contributed by atoms with van der Waals surface area (Å²) in [6.45, 7) is 0. The largest absolute Gasteiger partial charge is 0.508 e. The van der Waals surface area contributed by atoms with Crippen molar-refractivity contribution in [1.29, 1.82) is 0 Å². The summed E-state index contributed by atoms with van der Waals surface area (Å²) in [5.74, 6) is 1.18. The molecular formula is C16H15N3OS. The summed E-state index contributed by atoms with van der Waals surface area (Å²) >= 11 is 1.60. The van der Waals surface area contributed by atoms with Crippen LogP contribution in [0.3, 0.4) is 0 Å². The minimum Gasteiger partial charge on any atom is -0.508 e. The Kier molecular flexibility index (Phi) is 3.58. The van der Waals surface area contributed by atoms with E-state index in [-0.39, 0.29) is 5.75 Å². The van der Waals surface area contributed by atoms with E-state index in [9.17, 15) is 5.11 Å². The first-order valence-electron chi connectivity index (χ1n) is 6.53. The van der Waals surface area contributed by atoms with Crippen LogP contribution in [-0.2, 0) is 0 Å². The number of phenolic OH excluding ortho intramolecular Hbond substituents is 1. The van der Waals surface area contributed by atoms with Crippen LogP contribution in [0.25, 0.3) is 22.4 Å². The second-order valence-electron chi connectivity index (χ2n) is 4.88. The Morgan fingerprint density at radius 3 is 2.71 bits per heavy atom. The van der Waals surface area contributed by atoms with Crippen molar-refractivity contribution in [2.75, 3.05) is 19.0 Å². The molecule has 1 N–H and O–H groups in total. The number of phenols is 1. The molecule has 106 valence electrons. The van der Waals surface area contributed by atoms with E-state index in [1.807, 2.05) is 55.5 Å². The van der Waals surface area contributed by atoms with E-state index in [0.717, 1.165) is 26.6 Å². The lowest BCUT2D eigenvalue weighted by atomic mass is 10.2. The number of nitrogens with zero attached hydrogens (tertiary/aromatic N) is 3. The highest BCUT2D eigenvalue weighted by atomic mass is 32.1. The molecule has 5 heteroatoms. The molecule has 0 amide bonds. The Morgan fingerprint density at radius 1 is 1.14 bits per heavy atom. The molecule has 3 rings (SSSR count). The van der Waals surface area contributed by atoms with E-state index in [2.05, 4.69) is 9.97 Å². The van der Waals surface area contributed by atoms with Crippen LogP contribution in [0.4, 0.5) is 5.82 Å². The molecule has 0 radical (unpaired) electrons. The van der Waals surface area contributed by atoms with Gasteiger partial charge in [0.25, 0.3) is 0 Å². The van der Waals surface area contributed by atoms with Crippen LogP contribution in [0.2, 0.25) is 0 Å². The summed E-state index contributed by atoms with van der Waals surface area (Å²) in [5.41, 5.74) is 1.85. The molecule has 3 aromatic rings. The predicted molar refractivity (Wildman–Crippen MR) is 88.8 cm³/mol. The summed E-state index contributed by atoms with van der Waals surface area (Å²) < 4.78 is 1.06. The number of benzene rings is 1. The van der Waals surface area contributed by atoms with Crippen molar-refractivity contribution in [1.82, 2.24) is 9.97 Å². The molecule has 0 aliphatic rings. The molecular weight excluding hydrogens is 282 g/mol. The van der Waals surface area contributed by atoms with Gasteiger partial charge in [-0.15, -0.1) is 11.3 Å². The Labute approximate surface area is 127 Å². The maximum atomic E-state index is 9.45. The average molecular weight is 297 g/mol. The summed E-state index contributed by atoms with van der Waals surface area (Å²) in [5, 5.41) is 10.4. The average Bonchev–Trinajstić information content (AvgIpc) is 2.87. The van der Waals surface area contributed by atoms with Gasteiger partial charge < -0.3 is 10.0 Å². The Bertz CT molecular complexity index is 791. The zero-order chi connectivity index (χ0) is 14.8. The molecule has 0 aliphatic heterocycles. The zero-order valence-corrected chi connectivity index (χ0v) is 12.6. The lowest BCUT2D eigenvalue weighted by Crippen LogP contribution is -2.09. The Hall–Kier alpha value is -2.40. The van der Waals surface area contributed by atoms with Gasteiger partial charge in [-0.05, 0) is 35.9 Å². The molecule has 1 aromatic carbocycles. The summed E-state index contributed by atoms with van der Waals surface area (Å²) in [7, 11) is 3.93. The number of hydrogen-bond acceptors (Lipinski definition) is 5. The van der Waals surface area contributed by atoms with Crippen molar-refractivity contribution in [2.24, 2.45) is 0 Å². The number of anilines is 1. The third-order valence-electron chi connectivity index (χ3n) is 3.03. The van der Waals surface area contributed by atoms with Crippen molar-refractivity contribution in [3.8, 4) is 5.75 Å². The fourth-order valence-corrected chi connectivity index (χ4v) is 2.78. The summed E-state index contributed by atoms with van der Waals surface area (Å²) in [6.07, 6.45) is 5.79. The maximum Gasteiger partial charge on any atom is 0.127 e. The van der Waals surface area contributed by atoms with Gasteiger partial charge in [0, 0.05) is 26.4 Å². The fourth-order valence-electron chi connectivity index (χ4n) is 1.93. The van der Waals surface area contributed by atoms with Gasteiger partial charge >= 0.3 is 0 Å². The van der Waals surface area contributed by atoms with Gasteiger partial charge in [0.05, 0.1) is 10.2 Å². The Balaban J connectivity index is 1.83. The third-order valence-corrected chi connectivity index (χ3v) is 4.04. The van der Waals surface area contributed by atoms with Crippen LogP contribution >= 0.6 is 11.3 Å². The first kappa shape index (κ1) is 13.6. The van der Waals surface area contributed by atoms with E-state index in [1.165, 1.54) is 0 Å². The summed E-state index contributed by atoms with van der Waals surface area (Å²) in [6, 6.07) is 9.25. The number of hydrogen-bond donors (Lipinski definition) is 1. The smallest absolute Gasteiger partial charge is 0.127 e. The molecule has 2 heterocycles. The van der Waals surface area contributed by atoms with Crippen molar-refractivity contribution in [3.05, 3.63) is 47.1 Å². The maximum absolute atomic E-state index is 9.45. The van der Waals surface area contributed by atoms with E-state index in [0.29, 0.717) is 0 Å². The van der Waals surface area contributed by atoms with Crippen LogP contribution in [0.15, 0.2) is 36.5 Å². The summed E-state index contributed by atoms with van der Waals surface area (Å²) in [4.78, 5) is 10.8. The molecule has 0 saturated heterocycles. The fraction of sp³-hybridized carbons (Fsp3) is 0.125. The first-order valence-corrected chi connectivity index (χ1v) is 7.34. The van der Waals surface area contributed by atoms with Crippen LogP contribution in [0.1, 0.15) is 10.6 Å². The first-order chi connectivity index (χ1) is 10.1. The monoisotopic (exact) mass is 297 g/mol. The van der Waals surface area contributed by atoms with Crippen LogP contribution in [0.5, 0.6) is 5.75 Å². The van der Waals surface area contributed by atoms with E-state index in [4.69, 9.17) is 0 Å². The molecule has 0 bridgehead atoms. The van der Waals surface area contributed by atoms with Gasteiger partial charge in [-0.2, -0.15) is 0 Å². The Morgan fingerprint density at radius 2 is 2.00 bits per heavy atom. The molecule has 0 atom stereocenters. The lowest BCUT2D eigenvalue weighted by Gasteiger charge is -2.10. The van der Waals surface area contributed by atoms with Gasteiger partial charge in [0.1, 0.15) is 16.6 Å². The molecule has 0 fully saturated rings. The van der Waals surface area contributed by atoms with Gasteiger partial charge in [0.15, 0.2) is 0 Å². The minimum atomic E-state index is 0.242. The van der Waals surface area contributed by atoms with E-state index < -0.39 is 0 Å². The standard InChI is InChI=1S/C16H15N3OS/c1-19(2)15-7-3-11(10-17-15)4-8-16-18-13-9-12(20)5-6-14(13)21-16/h3-10,20H,1-2H3/b8-4+. The van der Waals surface area contributed by atoms with Crippen LogP contribution < -0.4 is 4.90 Å². The number of rotatable bonds is 3. The van der Waals surface area contributed by atoms with Crippen molar-refractivity contribution < 1.29 is 5.11 Å². The molecule has 0 unspecified atom stereocenters. The highest BCUT2D eigenvalue weighted by molar-refractivity contribution is 7.19. The normalized spacial score (nSPS) is 11.3. The highest BCUT2D eigenvalue weighted by Gasteiger charge is 2.02. The van der Waals surface area contributed by atoms with Gasteiger partial charge in [-0.3, -0.25) is 0 Å². The second-order valence-corrected chi connectivity index (χ2v) is 5.94. The molecule has 21 heavy (non-hydrogen) atoms. The van der Waals surface area contributed by atoms with Gasteiger partial charge in [-0.25, -0.2) is 9.97 Å². The number of thiazole rings is 1. The third kappa shape index (κ3) is 3.03. The van der Waals surface area contributed by atoms with E-state index in [1.54, 1.807) is 23.5 Å². The molecule has 0 saturated carbocycles. The number of aromatic nitrogens is 2. The molecule has 4 nitrogen and oxygen atoms in total. The number of fused-ring (bicyclic) bond motifs is 1. The van der Waals surface area contributed by atoms with Crippen molar-refractivity contribution in [3.63, 3.8) is 0 Å². The lowest BCUT2D eigenvalue weighted by molar-refractivity contribution is 0.476. The molecule has 0 aliphatic carbocycles. The predicted octanol–water partition coefficient (Wildman–Crippen LogP) is 3.63. The van der Waals surface area contributed by atoms with Gasteiger partial charge in [-0.1, -0.05) is 6.08 Å². The van der Waals surface area contributed by atoms with Crippen LogP contribution in [-0.4, -0.2) is 29.2 Å². The van der Waals surface area contributed by atoms with Crippen molar-refractivity contribution >= 4 is 39.5 Å². The minimum absolute atomic E-state index is 0.242. The SMILES string of the molecule is CN(C)c1ccc(/C=C/c2nc3cc(O)ccc3s2)cn1. The zero-order valence-electron chi connectivity index (χ0n) is 11.8. The van der Waals surface area contributed by atoms with E-state index >= 15 is 0 Å². The van der Waals surface area contributed by atoms with Crippen LogP contribution in [0, 0.1) is 0 Å². The molecule has 0 spiro atoms. The second kappa shape index (κ2) is 5.54. The van der Waals surface area contributed by atoms with Gasteiger partial charge in [0.2, 0.25) is 0 Å². The van der Waals surface area contributed by atoms with Crippen molar-refractivity contribution in [2.45, 2.75) is 0 Å².